The summed E-state index contributed by atoms with van der Waals surface area (Å²) >= 11 is 5.54. The summed E-state index contributed by atoms with van der Waals surface area (Å²) in [4.78, 5) is 4.14. The van der Waals surface area contributed by atoms with Gasteiger partial charge in [0.05, 0.1) is 13.3 Å². The fraction of sp³-hybridized carbons (Fsp3) is 0.444. The number of ether oxygens (including phenoxy) is 1. The fourth-order valence-electron chi connectivity index (χ4n) is 0.889. The van der Waals surface area contributed by atoms with Crippen LogP contribution in [0.3, 0.4) is 0 Å². The molecule has 0 saturated heterocycles. The van der Waals surface area contributed by atoms with Crippen LogP contribution < -0.4 is 10.1 Å². The standard InChI is InChI=1S/C9H13ClN2O/c1-13-8-3-4-9(12-7-8)11-6-2-5-10/h3-4,7H,2,5-6H2,1H3,(H,11,12). The molecular formula is C9H13ClN2O. The van der Waals surface area contributed by atoms with Crippen LogP contribution in [-0.2, 0) is 0 Å². The molecule has 0 amide bonds. The lowest BCUT2D eigenvalue weighted by atomic mass is 10.4. The third kappa shape index (κ3) is 3.51. The highest BCUT2D eigenvalue weighted by atomic mass is 35.5. The normalized spacial score (nSPS) is 9.69. The Balaban J connectivity index is 2.40. The van der Waals surface area contributed by atoms with Crippen molar-refractivity contribution in [2.24, 2.45) is 0 Å². The van der Waals surface area contributed by atoms with Gasteiger partial charge in [0.1, 0.15) is 11.6 Å². The summed E-state index contributed by atoms with van der Waals surface area (Å²) in [6.07, 6.45) is 2.62. The van der Waals surface area contributed by atoms with Crippen molar-refractivity contribution >= 4 is 17.4 Å². The Morgan fingerprint density at radius 3 is 2.92 bits per heavy atom. The van der Waals surface area contributed by atoms with Crippen molar-refractivity contribution in [3.63, 3.8) is 0 Å². The Morgan fingerprint density at radius 2 is 2.38 bits per heavy atom. The van der Waals surface area contributed by atoms with Gasteiger partial charge in [-0.25, -0.2) is 4.98 Å². The van der Waals surface area contributed by atoms with E-state index < -0.39 is 0 Å². The summed E-state index contributed by atoms with van der Waals surface area (Å²) in [5.74, 6) is 2.29. The van der Waals surface area contributed by atoms with Crippen LogP contribution in [0.15, 0.2) is 18.3 Å². The van der Waals surface area contributed by atoms with E-state index in [1.165, 1.54) is 0 Å². The zero-order valence-corrected chi connectivity index (χ0v) is 8.34. The summed E-state index contributed by atoms with van der Waals surface area (Å²) in [5, 5.41) is 3.15. The number of alkyl halides is 1. The molecule has 13 heavy (non-hydrogen) atoms. The Hall–Kier alpha value is -0.960. The van der Waals surface area contributed by atoms with Crippen LogP contribution in [0.4, 0.5) is 5.82 Å². The van der Waals surface area contributed by atoms with Gasteiger partial charge in [-0.2, -0.15) is 0 Å². The van der Waals surface area contributed by atoms with E-state index in [0.717, 1.165) is 24.5 Å². The van der Waals surface area contributed by atoms with E-state index in [2.05, 4.69) is 10.3 Å². The van der Waals surface area contributed by atoms with Crippen molar-refractivity contribution in [3.8, 4) is 5.75 Å². The van der Waals surface area contributed by atoms with E-state index in [1.807, 2.05) is 12.1 Å². The Morgan fingerprint density at radius 1 is 1.54 bits per heavy atom. The van der Waals surface area contributed by atoms with Crippen LogP contribution >= 0.6 is 11.6 Å². The quantitative estimate of drug-likeness (QED) is 0.584. The number of rotatable bonds is 5. The lowest BCUT2D eigenvalue weighted by Gasteiger charge is -2.04. The van der Waals surface area contributed by atoms with Gasteiger partial charge in [0.2, 0.25) is 0 Å². The molecule has 1 N–H and O–H groups in total. The highest BCUT2D eigenvalue weighted by molar-refractivity contribution is 6.17. The van der Waals surface area contributed by atoms with Gasteiger partial charge in [-0.15, -0.1) is 11.6 Å². The summed E-state index contributed by atoms with van der Waals surface area (Å²) in [7, 11) is 1.62. The maximum absolute atomic E-state index is 5.54. The van der Waals surface area contributed by atoms with Crippen LogP contribution in [0.5, 0.6) is 5.75 Å². The number of hydrogen-bond acceptors (Lipinski definition) is 3. The molecule has 0 radical (unpaired) electrons. The highest BCUT2D eigenvalue weighted by Crippen LogP contribution is 2.10. The number of aromatic nitrogens is 1. The van der Waals surface area contributed by atoms with Crippen molar-refractivity contribution in [2.75, 3.05) is 24.9 Å². The molecule has 0 unspecified atom stereocenters. The van der Waals surface area contributed by atoms with E-state index in [0.29, 0.717) is 5.88 Å². The summed E-state index contributed by atoms with van der Waals surface area (Å²) < 4.78 is 4.98. The average Bonchev–Trinajstić information content (AvgIpc) is 2.19. The van der Waals surface area contributed by atoms with Crippen molar-refractivity contribution in [1.29, 1.82) is 0 Å². The molecule has 0 spiro atoms. The second-order valence-corrected chi connectivity index (χ2v) is 2.93. The third-order valence-corrected chi connectivity index (χ3v) is 1.86. The number of methoxy groups -OCH3 is 1. The first-order valence-electron chi connectivity index (χ1n) is 4.16. The molecule has 72 valence electrons. The van der Waals surface area contributed by atoms with Crippen molar-refractivity contribution in [2.45, 2.75) is 6.42 Å². The van der Waals surface area contributed by atoms with E-state index in [9.17, 15) is 0 Å². The first-order valence-corrected chi connectivity index (χ1v) is 4.70. The maximum atomic E-state index is 5.54. The molecule has 4 heteroatoms. The van der Waals surface area contributed by atoms with Crippen LogP contribution in [0.1, 0.15) is 6.42 Å². The highest BCUT2D eigenvalue weighted by Gasteiger charge is 1.93. The third-order valence-electron chi connectivity index (χ3n) is 1.59. The van der Waals surface area contributed by atoms with Crippen molar-refractivity contribution in [1.82, 2.24) is 4.98 Å². The fourth-order valence-corrected chi connectivity index (χ4v) is 1.02. The molecule has 1 rings (SSSR count). The molecule has 0 fully saturated rings. The van der Waals surface area contributed by atoms with Gasteiger partial charge in [-0.05, 0) is 18.6 Å². The number of anilines is 1. The molecule has 0 bridgehead atoms. The van der Waals surface area contributed by atoms with E-state index in [-0.39, 0.29) is 0 Å². The van der Waals surface area contributed by atoms with Crippen LogP contribution in [-0.4, -0.2) is 24.5 Å². The SMILES string of the molecule is COc1ccc(NCCCCl)nc1. The average molecular weight is 201 g/mol. The number of halogens is 1. The second kappa shape index (κ2) is 5.65. The zero-order valence-electron chi connectivity index (χ0n) is 7.59. The minimum absolute atomic E-state index is 0.670. The van der Waals surface area contributed by atoms with Gasteiger partial charge in [0, 0.05) is 12.4 Å². The van der Waals surface area contributed by atoms with Crippen LogP contribution in [0, 0.1) is 0 Å². The Bertz CT molecular complexity index is 238. The molecule has 0 saturated carbocycles. The van der Waals surface area contributed by atoms with Crippen molar-refractivity contribution in [3.05, 3.63) is 18.3 Å². The monoisotopic (exact) mass is 200 g/mol. The number of nitrogens with one attached hydrogen (secondary N) is 1. The molecule has 0 aliphatic carbocycles. The second-order valence-electron chi connectivity index (χ2n) is 2.55. The minimum Gasteiger partial charge on any atom is -0.495 e. The summed E-state index contributed by atoms with van der Waals surface area (Å²) in [5.41, 5.74) is 0. The minimum atomic E-state index is 0.670. The lowest BCUT2D eigenvalue weighted by molar-refractivity contribution is 0.413. The predicted octanol–water partition coefficient (Wildman–Crippen LogP) is 2.13. The van der Waals surface area contributed by atoms with Crippen LogP contribution in [0.2, 0.25) is 0 Å². The van der Waals surface area contributed by atoms with Gasteiger partial charge in [-0.1, -0.05) is 0 Å². The lowest BCUT2D eigenvalue weighted by Crippen LogP contribution is -2.03. The topological polar surface area (TPSA) is 34.1 Å². The molecule has 0 aromatic carbocycles. The summed E-state index contributed by atoms with van der Waals surface area (Å²) in [6.45, 7) is 0.850. The molecule has 3 nitrogen and oxygen atoms in total. The number of hydrogen-bond donors (Lipinski definition) is 1. The van der Waals surface area contributed by atoms with Gasteiger partial charge >= 0.3 is 0 Å². The summed E-state index contributed by atoms with van der Waals surface area (Å²) in [6, 6.07) is 3.75. The van der Waals surface area contributed by atoms with Gasteiger partial charge in [-0.3, -0.25) is 0 Å². The molecule has 0 atom stereocenters. The first kappa shape index (κ1) is 10.1. The molecule has 1 aromatic heterocycles. The molecular weight excluding hydrogens is 188 g/mol. The van der Waals surface area contributed by atoms with E-state index in [4.69, 9.17) is 16.3 Å². The van der Waals surface area contributed by atoms with E-state index >= 15 is 0 Å². The molecule has 1 aromatic rings. The van der Waals surface area contributed by atoms with Gasteiger partial charge < -0.3 is 10.1 Å². The van der Waals surface area contributed by atoms with Crippen LogP contribution in [0.25, 0.3) is 0 Å². The largest absolute Gasteiger partial charge is 0.495 e. The smallest absolute Gasteiger partial charge is 0.137 e. The number of nitrogens with zero attached hydrogens (tertiary/aromatic N) is 1. The molecule has 1 heterocycles. The van der Waals surface area contributed by atoms with Crippen molar-refractivity contribution < 1.29 is 4.74 Å². The number of pyridine rings is 1. The zero-order chi connectivity index (χ0) is 9.52. The Labute approximate surface area is 83.1 Å². The molecule has 0 aliphatic heterocycles. The van der Waals surface area contributed by atoms with Gasteiger partial charge in [0.25, 0.3) is 0 Å². The van der Waals surface area contributed by atoms with Gasteiger partial charge in [0.15, 0.2) is 0 Å². The Kier molecular flexibility index (Phi) is 4.40. The maximum Gasteiger partial charge on any atom is 0.137 e. The van der Waals surface area contributed by atoms with E-state index in [1.54, 1.807) is 13.3 Å². The first-order chi connectivity index (χ1) is 6.36. The molecule has 0 aliphatic rings. The predicted molar refractivity (Wildman–Crippen MR) is 54.6 cm³/mol.